The number of H-pyrrole nitrogens is 1. The van der Waals surface area contributed by atoms with Gasteiger partial charge in [0, 0.05) is 17.9 Å². The van der Waals surface area contributed by atoms with Crippen LogP contribution in [0, 0.1) is 20.8 Å². The van der Waals surface area contributed by atoms with Crippen LogP contribution in [0.25, 0.3) is 0 Å². The monoisotopic (exact) mass is 269 g/mol. The zero-order chi connectivity index (χ0) is 14.3. The minimum atomic E-state index is 0.0542. The Morgan fingerprint density at radius 3 is 2.80 bits per heavy atom. The number of anilines is 1. The first kappa shape index (κ1) is 12.9. The van der Waals surface area contributed by atoms with Gasteiger partial charge in [-0.2, -0.15) is 5.10 Å². The van der Waals surface area contributed by atoms with Gasteiger partial charge in [0.15, 0.2) is 0 Å². The van der Waals surface area contributed by atoms with Crippen LogP contribution in [0.3, 0.4) is 0 Å². The molecule has 4 heteroatoms. The first-order valence-electron chi connectivity index (χ1n) is 7.01. The molecule has 1 N–H and O–H groups in total. The second-order valence-corrected chi connectivity index (χ2v) is 5.50. The summed E-state index contributed by atoms with van der Waals surface area (Å²) in [5.41, 5.74) is 5.88. The highest BCUT2D eigenvalue weighted by atomic mass is 16.2. The van der Waals surface area contributed by atoms with Crippen LogP contribution < -0.4 is 4.90 Å². The van der Waals surface area contributed by atoms with Crippen molar-refractivity contribution in [3.63, 3.8) is 0 Å². The third kappa shape index (κ3) is 2.01. The highest BCUT2D eigenvalue weighted by Crippen LogP contribution is 2.30. The standard InChI is InChI=1S/C16H19N3O/c1-10-6-7-14-13(9-10)5-4-8-19(14)16(20)15-11(2)17-18-12(15)3/h6-7,9H,4-5,8H2,1-3H3,(H,17,18). The Balaban J connectivity index is 2.03. The van der Waals surface area contributed by atoms with E-state index in [2.05, 4.69) is 35.3 Å². The number of amides is 1. The van der Waals surface area contributed by atoms with E-state index in [4.69, 9.17) is 0 Å². The number of fused-ring (bicyclic) bond motifs is 1. The largest absolute Gasteiger partial charge is 0.308 e. The second kappa shape index (κ2) is 4.78. The first-order valence-corrected chi connectivity index (χ1v) is 7.01. The van der Waals surface area contributed by atoms with Crippen molar-refractivity contribution in [2.24, 2.45) is 0 Å². The molecule has 0 fully saturated rings. The Kier molecular flexibility index (Phi) is 3.08. The molecule has 1 amide bonds. The first-order chi connectivity index (χ1) is 9.58. The van der Waals surface area contributed by atoms with Crippen molar-refractivity contribution in [3.8, 4) is 0 Å². The number of hydrogen-bond acceptors (Lipinski definition) is 2. The van der Waals surface area contributed by atoms with Gasteiger partial charge in [-0.05, 0) is 45.2 Å². The highest BCUT2D eigenvalue weighted by molar-refractivity contribution is 6.08. The van der Waals surface area contributed by atoms with E-state index < -0.39 is 0 Å². The van der Waals surface area contributed by atoms with Crippen LogP contribution in [0.2, 0.25) is 0 Å². The summed E-state index contributed by atoms with van der Waals surface area (Å²) < 4.78 is 0. The maximum atomic E-state index is 12.8. The van der Waals surface area contributed by atoms with E-state index in [1.54, 1.807) is 0 Å². The van der Waals surface area contributed by atoms with Crippen molar-refractivity contribution in [2.45, 2.75) is 33.6 Å². The Hall–Kier alpha value is -2.10. The van der Waals surface area contributed by atoms with Gasteiger partial charge >= 0.3 is 0 Å². The Labute approximate surface area is 118 Å². The van der Waals surface area contributed by atoms with E-state index >= 15 is 0 Å². The number of aromatic nitrogens is 2. The van der Waals surface area contributed by atoms with E-state index in [0.29, 0.717) is 5.56 Å². The molecule has 1 aromatic carbocycles. The van der Waals surface area contributed by atoms with Crippen LogP contribution >= 0.6 is 0 Å². The fraction of sp³-hybridized carbons (Fsp3) is 0.375. The number of nitrogens with zero attached hydrogens (tertiary/aromatic N) is 2. The van der Waals surface area contributed by atoms with Gasteiger partial charge in [-0.3, -0.25) is 9.89 Å². The summed E-state index contributed by atoms with van der Waals surface area (Å²) in [5.74, 6) is 0.0542. The number of carbonyl (C=O) groups excluding carboxylic acids is 1. The van der Waals surface area contributed by atoms with Gasteiger partial charge in [0.1, 0.15) is 0 Å². The zero-order valence-corrected chi connectivity index (χ0v) is 12.2. The summed E-state index contributed by atoms with van der Waals surface area (Å²) in [6.45, 7) is 6.63. The van der Waals surface area contributed by atoms with Gasteiger partial charge in [-0.15, -0.1) is 0 Å². The fourth-order valence-corrected chi connectivity index (χ4v) is 2.94. The van der Waals surface area contributed by atoms with Crippen LogP contribution in [-0.2, 0) is 6.42 Å². The van der Waals surface area contributed by atoms with Crippen molar-refractivity contribution in [2.75, 3.05) is 11.4 Å². The van der Waals surface area contributed by atoms with Crippen molar-refractivity contribution in [1.29, 1.82) is 0 Å². The summed E-state index contributed by atoms with van der Waals surface area (Å²) >= 11 is 0. The van der Waals surface area contributed by atoms with Crippen LogP contribution in [0.4, 0.5) is 5.69 Å². The lowest BCUT2D eigenvalue weighted by Gasteiger charge is -2.30. The number of aryl methyl sites for hydroxylation is 4. The summed E-state index contributed by atoms with van der Waals surface area (Å²) in [5, 5.41) is 7.02. The quantitative estimate of drug-likeness (QED) is 0.865. The van der Waals surface area contributed by atoms with E-state index in [0.717, 1.165) is 36.5 Å². The third-order valence-corrected chi connectivity index (χ3v) is 3.94. The van der Waals surface area contributed by atoms with E-state index in [9.17, 15) is 4.79 Å². The Bertz CT molecular complexity index is 653. The molecule has 1 aliphatic rings. The van der Waals surface area contributed by atoms with E-state index in [-0.39, 0.29) is 5.91 Å². The third-order valence-electron chi connectivity index (χ3n) is 3.94. The number of rotatable bonds is 1. The molecule has 104 valence electrons. The predicted molar refractivity (Wildman–Crippen MR) is 79.2 cm³/mol. The molecule has 0 saturated carbocycles. The lowest BCUT2D eigenvalue weighted by molar-refractivity contribution is 0.0984. The minimum Gasteiger partial charge on any atom is -0.308 e. The molecule has 0 spiro atoms. The van der Waals surface area contributed by atoms with Crippen LogP contribution in [0.5, 0.6) is 0 Å². The van der Waals surface area contributed by atoms with E-state index in [1.165, 1.54) is 11.1 Å². The SMILES string of the molecule is Cc1ccc2c(c1)CCCN2C(=O)c1c(C)n[nH]c1C. The van der Waals surface area contributed by atoms with Crippen LogP contribution in [-0.4, -0.2) is 22.6 Å². The molecule has 20 heavy (non-hydrogen) atoms. The molecule has 0 atom stereocenters. The van der Waals surface area contributed by atoms with Crippen molar-refractivity contribution >= 4 is 11.6 Å². The molecular formula is C16H19N3O. The zero-order valence-electron chi connectivity index (χ0n) is 12.2. The minimum absolute atomic E-state index is 0.0542. The molecule has 0 radical (unpaired) electrons. The number of carbonyl (C=O) groups is 1. The molecule has 2 heterocycles. The maximum absolute atomic E-state index is 12.8. The molecule has 0 bridgehead atoms. The van der Waals surface area contributed by atoms with Crippen molar-refractivity contribution < 1.29 is 4.79 Å². The molecular weight excluding hydrogens is 250 g/mol. The van der Waals surface area contributed by atoms with Gasteiger partial charge in [-0.1, -0.05) is 17.7 Å². The number of hydrogen-bond donors (Lipinski definition) is 1. The molecule has 3 rings (SSSR count). The van der Waals surface area contributed by atoms with Gasteiger partial charge in [0.2, 0.25) is 0 Å². The molecule has 2 aromatic rings. The molecule has 4 nitrogen and oxygen atoms in total. The lowest BCUT2D eigenvalue weighted by atomic mass is 9.98. The van der Waals surface area contributed by atoms with Gasteiger partial charge in [0.05, 0.1) is 11.3 Å². The van der Waals surface area contributed by atoms with Gasteiger partial charge in [-0.25, -0.2) is 0 Å². The van der Waals surface area contributed by atoms with Gasteiger partial charge < -0.3 is 4.90 Å². The Morgan fingerprint density at radius 1 is 1.30 bits per heavy atom. The van der Waals surface area contributed by atoms with Crippen LogP contribution in [0.1, 0.15) is 39.3 Å². The summed E-state index contributed by atoms with van der Waals surface area (Å²) in [4.78, 5) is 14.7. The smallest absolute Gasteiger partial charge is 0.262 e. The van der Waals surface area contributed by atoms with Crippen molar-refractivity contribution in [1.82, 2.24) is 10.2 Å². The maximum Gasteiger partial charge on any atom is 0.262 e. The van der Waals surface area contributed by atoms with Gasteiger partial charge in [0.25, 0.3) is 5.91 Å². The predicted octanol–water partition coefficient (Wildman–Crippen LogP) is 2.93. The average Bonchev–Trinajstić information content (AvgIpc) is 2.76. The number of benzene rings is 1. The average molecular weight is 269 g/mol. The second-order valence-electron chi connectivity index (χ2n) is 5.50. The topological polar surface area (TPSA) is 49.0 Å². The lowest BCUT2D eigenvalue weighted by Crippen LogP contribution is -2.36. The molecule has 1 aromatic heterocycles. The van der Waals surface area contributed by atoms with E-state index in [1.807, 2.05) is 18.7 Å². The fourth-order valence-electron chi connectivity index (χ4n) is 2.94. The van der Waals surface area contributed by atoms with Crippen LogP contribution in [0.15, 0.2) is 18.2 Å². The number of aromatic amines is 1. The molecule has 0 aliphatic carbocycles. The van der Waals surface area contributed by atoms with Crippen molar-refractivity contribution in [3.05, 3.63) is 46.3 Å². The summed E-state index contributed by atoms with van der Waals surface area (Å²) in [7, 11) is 0. The molecule has 0 saturated heterocycles. The summed E-state index contributed by atoms with van der Waals surface area (Å²) in [6.07, 6.45) is 2.06. The molecule has 1 aliphatic heterocycles. The Morgan fingerprint density at radius 2 is 2.10 bits per heavy atom. The normalized spacial score (nSPS) is 14.2. The molecule has 0 unspecified atom stereocenters. The number of nitrogens with one attached hydrogen (secondary N) is 1. The summed E-state index contributed by atoms with van der Waals surface area (Å²) in [6, 6.07) is 6.32. The highest BCUT2D eigenvalue weighted by Gasteiger charge is 2.26.